The van der Waals surface area contributed by atoms with E-state index in [2.05, 4.69) is 10.2 Å². The zero-order valence-electron chi connectivity index (χ0n) is 13.4. The molecule has 1 aliphatic heterocycles. The minimum absolute atomic E-state index is 0. The average Bonchev–Trinajstić information content (AvgIpc) is 2.97. The van der Waals surface area contributed by atoms with E-state index in [0.717, 1.165) is 35.5 Å². The Labute approximate surface area is 145 Å². The highest BCUT2D eigenvalue weighted by Gasteiger charge is 2.24. The molecule has 2 aromatic rings. The van der Waals surface area contributed by atoms with E-state index in [1.54, 1.807) is 21.1 Å². The lowest BCUT2D eigenvalue weighted by Crippen LogP contribution is -2.34. The molecule has 0 bridgehead atoms. The normalized spacial score (nSPS) is 13.1. The predicted octanol–water partition coefficient (Wildman–Crippen LogP) is 2.58. The van der Waals surface area contributed by atoms with Crippen LogP contribution in [0.2, 0.25) is 0 Å². The molecule has 1 aromatic carbocycles. The van der Waals surface area contributed by atoms with Gasteiger partial charge in [-0.25, -0.2) is 0 Å². The zero-order chi connectivity index (χ0) is 15.7. The summed E-state index contributed by atoms with van der Waals surface area (Å²) in [6.07, 6.45) is 0.801. The second-order valence-corrected chi connectivity index (χ2v) is 5.29. The molecule has 1 aliphatic rings. The number of fused-ring (bicyclic) bond motifs is 1. The number of aromatic amines is 1. The van der Waals surface area contributed by atoms with Gasteiger partial charge < -0.3 is 14.4 Å². The summed E-state index contributed by atoms with van der Waals surface area (Å²) < 4.78 is 10.6. The highest BCUT2D eigenvalue weighted by Crippen LogP contribution is 2.34. The maximum atomic E-state index is 11.6. The van der Waals surface area contributed by atoms with Crippen LogP contribution in [0.15, 0.2) is 18.2 Å². The molecule has 1 amide bonds. The minimum Gasteiger partial charge on any atom is -0.493 e. The lowest BCUT2D eigenvalue weighted by Gasteiger charge is -2.26. The monoisotopic (exact) mass is 381 g/mol. The maximum Gasteiger partial charge on any atom is 0.219 e. The van der Waals surface area contributed by atoms with Crippen molar-refractivity contribution >= 4 is 22.9 Å². The van der Waals surface area contributed by atoms with Gasteiger partial charge in [0.15, 0.2) is 11.5 Å². The van der Waals surface area contributed by atoms with E-state index in [1.807, 2.05) is 23.1 Å². The molecule has 3 rings (SSSR count). The van der Waals surface area contributed by atoms with Crippen LogP contribution in [0.3, 0.4) is 0 Å². The van der Waals surface area contributed by atoms with Crippen LogP contribution in [0, 0.1) is 0 Å². The number of hydrogen-bond donors (Lipinski definition) is 1. The zero-order valence-corrected chi connectivity index (χ0v) is 15.1. The van der Waals surface area contributed by atoms with Gasteiger partial charge in [-0.2, -0.15) is 5.10 Å². The Hall–Kier alpha value is -2.02. The fourth-order valence-electron chi connectivity index (χ4n) is 2.79. The van der Waals surface area contributed by atoms with E-state index in [-0.39, 0.29) is 22.9 Å². The number of ether oxygens (including phenoxy) is 2. The smallest absolute Gasteiger partial charge is 0.219 e. The first kappa shape index (κ1) is 17.3. The largest absolute Gasteiger partial charge is 0.493 e. The first-order valence-electron chi connectivity index (χ1n) is 7.18. The van der Waals surface area contributed by atoms with Gasteiger partial charge in [-0.05, 0) is 18.2 Å². The van der Waals surface area contributed by atoms with Crippen molar-refractivity contribution in [3.63, 3.8) is 0 Å². The van der Waals surface area contributed by atoms with Gasteiger partial charge in [0.05, 0.1) is 19.9 Å². The lowest BCUT2D eigenvalue weighted by molar-refractivity contribution is -0.129. The number of nitrogens with one attached hydrogen (secondary N) is 1. The first-order valence-corrected chi connectivity index (χ1v) is 7.18. The Morgan fingerprint density at radius 3 is 2.65 bits per heavy atom. The number of rotatable bonds is 3. The van der Waals surface area contributed by atoms with Crippen molar-refractivity contribution in [2.45, 2.75) is 19.9 Å². The molecule has 0 atom stereocenters. The van der Waals surface area contributed by atoms with Crippen LogP contribution >= 0.6 is 17.0 Å². The quantitative estimate of drug-likeness (QED) is 0.886. The number of benzene rings is 1. The molecule has 0 saturated heterocycles. The van der Waals surface area contributed by atoms with E-state index in [0.29, 0.717) is 18.0 Å². The second kappa shape index (κ2) is 7.04. The van der Waals surface area contributed by atoms with E-state index in [1.165, 1.54) is 0 Å². The molecule has 0 radical (unpaired) electrons. The Balaban J connectivity index is 0.00000192. The Bertz CT molecular complexity index is 715. The second-order valence-electron chi connectivity index (χ2n) is 5.29. The number of methoxy groups -OCH3 is 2. The Morgan fingerprint density at radius 1 is 1.26 bits per heavy atom. The Kier molecular flexibility index (Phi) is 5.30. The summed E-state index contributed by atoms with van der Waals surface area (Å²) in [5.74, 6) is 1.43. The fraction of sp³-hybridized carbons (Fsp3) is 0.375. The van der Waals surface area contributed by atoms with Crippen LogP contribution < -0.4 is 9.47 Å². The van der Waals surface area contributed by atoms with Crippen LogP contribution in [0.25, 0.3) is 11.3 Å². The van der Waals surface area contributed by atoms with E-state index >= 15 is 0 Å². The molecule has 124 valence electrons. The standard InChI is InChI=1S/C16H19N3O3.BrH/c1-10(20)19-7-6-13-12(9-19)16(18-17-13)11-4-5-14(21-2)15(8-11)22-3;/h4-5,8H,6-7,9H2,1-3H3,(H,17,18);1H. The molecule has 0 fully saturated rings. The third kappa shape index (κ3) is 3.19. The van der Waals surface area contributed by atoms with Crippen LogP contribution in [0.4, 0.5) is 0 Å². The van der Waals surface area contributed by atoms with Crippen molar-refractivity contribution in [1.82, 2.24) is 15.1 Å². The van der Waals surface area contributed by atoms with Gasteiger partial charge in [-0.3, -0.25) is 9.89 Å². The number of carbonyl (C=O) groups is 1. The fourth-order valence-corrected chi connectivity index (χ4v) is 2.79. The van der Waals surface area contributed by atoms with Gasteiger partial charge in [0, 0.05) is 43.3 Å². The van der Waals surface area contributed by atoms with Crippen LogP contribution in [-0.2, 0) is 17.8 Å². The van der Waals surface area contributed by atoms with Crippen molar-refractivity contribution in [3.05, 3.63) is 29.5 Å². The summed E-state index contributed by atoms with van der Waals surface area (Å²) in [5, 5.41) is 7.52. The van der Waals surface area contributed by atoms with Gasteiger partial charge in [-0.15, -0.1) is 17.0 Å². The maximum absolute atomic E-state index is 11.6. The van der Waals surface area contributed by atoms with E-state index in [9.17, 15) is 4.79 Å². The van der Waals surface area contributed by atoms with Crippen molar-refractivity contribution in [1.29, 1.82) is 0 Å². The van der Waals surface area contributed by atoms with E-state index < -0.39 is 0 Å². The third-order valence-electron chi connectivity index (χ3n) is 4.04. The number of amides is 1. The number of halogens is 1. The van der Waals surface area contributed by atoms with Crippen LogP contribution in [-0.4, -0.2) is 41.8 Å². The van der Waals surface area contributed by atoms with Gasteiger partial charge in [0.25, 0.3) is 0 Å². The first-order chi connectivity index (χ1) is 10.6. The van der Waals surface area contributed by atoms with Crippen molar-refractivity contribution in [2.24, 2.45) is 0 Å². The summed E-state index contributed by atoms with van der Waals surface area (Å²) in [4.78, 5) is 13.5. The van der Waals surface area contributed by atoms with Gasteiger partial charge in [-0.1, -0.05) is 0 Å². The van der Waals surface area contributed by atoms with Crippen molar-refractivity contribution in [3.8, 4) is 22.8 Å². The number of nitrogens with zero attached hydrogens (tertiary/aromatic N) is 2. The molecule has 1 N–H and O–H groups in total. The highest BCUT2D eigenvalue weighted by atomic mass is 79.9. The molecule has 0 aliphatic carbocycles. The highest BCUT2D eigenvalue weighted by molar-refractivity contribution is 8.93. The SMILES string of the molecule is Br.COc1ccc(-c2n[nH]c3c2CN(C(C)=O)CC3)cc1OC. The predicted molar refractivity (Wildman–Crippen MR) is 92.2 cm³/mol. The molecule has 7 heteroatoms. The molecule has 1 aromatic heterocycles. The van der Waals surface area contributed by atoms with Crippen LogP contribution in [0.5, 0.6) is 11.5 Å². The van der Waals surface area contributed by atoms with Crippen LogP contribution in [0.1, 0.15) is 18.2 Å². The van der Waals surface area contributed by atoms with Gasteiger partial charge >= 0.3 is 0 Å². The topological polar surface area (TPSA) is 67.5 Å². The van der Waals surface area contributed by atoms with E-state index in [4.69, 9.17) is 9.47 Å². The third-order valence-corrected chi connectivity index (χ3v) is 4.04. The molecule has 0 unspecified atom stereocenters. The number of hydrogen-bond acceptors (Lipinski definition) is 4. The van der Waals surface area contributed by atoms with Gasteiger partial charge in [0.1, 0.15) is 0 Å². The molecule has 0 spiro atoms. The lowest BCUT2D eigenvalue weighted by atomic mass is 10.0. The number of aromatic nitrogens is 2. The Morgan fingerprint density at radius 2 is 2.00 bits per heavy atom. The molecule has 6 nitrogen and oxygen atoms in total. The molecule has 23 heavy (non-hydrogen) atoms. The number of carbonyl (C=O) groups excluding carboxylic acids is 1. The molecular weight excluding hydrogens is 362 g/mol. The minimum atomic E-state index is 0. The summed E-state index contributed by atoms with van der Waals surface area (Å²) in [7, 11) is 3.22. The molecule has 2 heterocycles. The summed E-state index contributed by atoms with van der Waals surface area (Å²) in [6, 6.07) is 5.72. The van der Waals surface area contributed by atoms with Gasteiger partial charge in [0.2, 0.25) is 5.91 Å². The molecular formula is C16H20BrN3O3. The molecule has 0 saturated carbocycles. The number of H-pyrrole nitrogens is 1. The average molecular weight is 382 g/mol. The summed E-state index contributed by atoms with van der Waals surface area (Å²) >= 11 is 0. The summed E-state index contributed by atoms with van der Waals surface area (Å²) in [6.45, 7) is 2.92. The van der Waals surface area contributed by atoms with Crippen molar-refractivity contribution < 1.29 is 14.3 Å². The summed E-state index contributed by atoms with van der Waals surface area (Å²) in [5.41, 5.74) is 3.98. The van der Waals surface area contributed by atoms with Crippen molar-refractivity contribution in [2.75, 3.05) is 20.8 Å².